The largest absolute Gasteiger partial charge is 0.445 e. The highest BCUT2D eigenvalue weighted by Gasteiger charge is 2.29. The van der Waals surface area contributed by atoms with E-state index in [-0.39, 0.29) is 11.8 Å². The van der Waals surface area contributed by atoms with E-state index < -0.39 is 0 Å². The highest BCUT2D eigenvalue weighted by molar-refractivity contribution is 6.31. The maximum absolute atomic E-state index is 12.7. The first-order valence-corrected chi connectivity index (χ1v) is 9.45. The Kier molecular flexibility index (Phi) is 4.99. The summed E-state index contributed by atoms with van der Waals surface area (Å²) in [5, 5.41) is 4.81. The third kappa shape index (κ3) is 3.76. The molecule has 0 radical (unpaired) electrons. The molecule has 1 aliphatic rings. The topological polar surface area (TPSA) is 64.2 Å². The highest BCUT2D eigenvalue weighted by atomic mass is 35.5. The van der Waals surface area contributed by atoms with E-state index in [0.717, 1.165) is 35.7 Å². The SMILES string of the molecule is Cn1nccc1C(=O)N1CCC[C@@H](c2ncc(Cc3ccccc3Cl)o2)C1. The van der Waals surface area contributed by atoms with Crippen LogP contribution in [0.25, 0.3) is 0 Å². The third-order valence-corrected chi connectivity index (χ3v) is 5.36. The number of aryl methyl sites for hydroxylation is 1. The Balaban J connectivity index is 1.46. The molecule has 0 bridgehead atoms. The predicted octanol–water partition coefficient (Wildman–Crippen LogP) is 3.67. The maximum Gasteiger partial charge on any atom is 0.272 e. The summed E-state index contributed by atoms with van der Waals surface area (Å²) in [4.78, 5) is 19.1. The summed E-state index contributed by atoms with van der Waals surface area (Å²) in [5.41, 5.74) is 1.61. The second-order valence-corrected chi connectivity index (χ2v) is 7.27. The lowest BCUT2D eigenvalue weighted by Crippen LogP contribution is -2.40. The van der Waals surface area contributed by atoms with Crippen LogP contribution < -0.4 is 0 Å². The van der Waals surface area contributed by atoms with E-state index in [0.29, 0.717) is 24.6 Å². The van der Waals surface area contributed by atoms with E-state index in [9.17, 15) is 4.79 Å². The average Bonchev–Trinajstić information content (AvgIpc) is 3.32. The van der Waals surface area contributed by atoms with Gasteiger partial charge in [-0.2, -0.15) is 5.10 Å². The van der Waals surface area contributed by atoms with Crippen molar-refractivity contribution in [2.24, 2.45) is 7.05 Å². The number of carbonyl (C=O) groups excluding carboxylic acids is 1. The van der Waals surface area contributed by atoms with Gasteiger partial charge in [0.2, 0.25) is 0 Å². The van der Waals surface area contributed by atoms with Crippen LogP contribution >= 0.6 is 11.6 Å². The summed E-state index contributed by atoms with van der Waals surface area (Å²) < 4.78 is 7.61. The number of aromatic nitrogens is 3. The van der Waals surface area contributed by atoms with Crippen molar-refractivity contribution in [1.29, 1.82) is 0 Å². The number of rotatable bonds is 4. The summed E-state index contributed by atoms with van der Waals surface area (Å²) in [5.74, 6) is 1.59. The monoisotopic (exact) mass is 384 g/mol. The van der Waals surface area contributed by atoms with Crippen LogP contribution in [0.4, 0.5) is 0 Å². The van der Waals surface area contributed by atoms with Gasteiger partial charge in [-0.05, 0) is 30.5 Å². The fraction of sp³-hybridized carbons (Fsp3) is 0.350. The van der Waals surface area contributed by atoms with Crippen LogP contribution in [0.1, 0.15) is 46.5 Å². The van der Waals surface area contributed by atoms with Crippen molar-refractivity contribution in [3.8, 4) is 0 Å². The van der Waals surface area contributed by atoms with Gasteiger partial charge in [0.15, 0.2) is 5.89 Å². The fourth-order valence-electron chi connectivity index (χ4n) is 3.53. The molecule has 6 nitrogen and oxygen atoms in total. The minimum absolute atomic E-state index is 0.00236. The summed E-state index contributed by atoms with van der Waals surface area (Å²) in [6.07, 6.45) is 5.90. The standard InChI is InChI=1S/C20H21ClN4O2/c1-24-18(8-9-23-24)20(26)25-10-4-6-15(13-25)19-22-12-16(27-19)11-14-5-2-3-7-17(14)21/h2-3,5,7-9,12,15H,4,6,10-11,13H2,1H3/t15-/m1/s1. The van der Waals surface area contributed by atoms with Crippen molar-refractivity contribution in [2.45, 2.75) is 25.2 Å². The lowest BCUT2D eigenvalue weighted by atomic mass is 9.97. The summed E-state index contributed by atoms with van der Waals surface area (Å²) in [7, 11) is 1.78. The first-order valence-electron chi connectivity index (χ1n) is 9.07. The molecule has 2 aromatic heterocycles. The molecule has 0 unspecified atom stereocenters. The van der Waals surface area contributed by atoms with Gasteiger partial charge in [-0.1, -0.05) is 29.8 Å². The molecule has 1 aromatic carbocycles. The highest BCUT2D eigenvalue weighted by Crippen LogP contribution is 2.28. The maximum atomic E-state index is 12.7. The van der Waals surface area contributed by atoms with E-state index in [4.69, 9.17) is 16.0 Å². The summed E-state index contributed by atoms with van der Waals surface area (Å²) in [6, 6.07) is 9.48. The van der Waals surface area contributed by atoms with Gasteiger partial charge in [-0.15, -0.1) is 0 Å². The molecule has 0 spiro atoms. The van der Waals surface area contributed by atoms with Gasteiger partial charge in [0.05, 0.1) is 12.1 Å². The van der Waals surface area contributed by atoms with Gasteiger partial charge in [0.25, 0.3) is 5.91 Å². The lowest BCUT2D eigenvalue weighted by Gasteiger charge is -2.31. The molecule has 0 aliphatic carbocycles. The first kappa shape index (κ1) is 17.8. The molecule has 7 heteroatoms. The molecule has 3 heterocycles. The van der Waals surface area contributed by atoms with E-state index in [2.05, 4.69) is 10.1 Å². The Labute approximate surface area is 162 Å². The summed E-state index contributed by atoms with van der Waals surface area (Å²) in [6.45, 7) is 1.35. The smallest absolute Gasteiger partial charge is 0.272 e. The van der Waals surface area contributed by atoms with Crippen LogP contribution in [0.15, 0.2) is 47.1 Å². The van der Waals surface area contributed by atoms with Crippen LogP contribution in [-0.4, -0.2) is 38.7 Å². The van der Waals surface area contributed by atoms with E-state index in [1.807, 2.05) is 29.2 Å². The van der Waals surface area contributed by atoms with E-state index >= 15 is 0 Å². The third-order valence-electron chi connectivity index (χ3n) is 4.99. The van der Waals surface area contributed by atoms with Gasteiger partial charge >= 0.3 is 0 Å². The normalized spacial score (nSPS) is 17.3. The first-order chi connectivity index (χ1) is 13.1. The molecule has 1 atom stereocenters. The number of carbonyl (C=O) groups is 1. The molecular weight excluding hydrogens is 364 g/mol. The molecule has 1 aliphatic heterocycles. The molecule has 1 fully saturated rings. The minimum atomic E-state index is 0.00236. The number of benzene rings is 1. The zero-order valence-corrected chi connectivity index (χ0v) is 15.9. The second kappa shape index (κ2) is 7.56. The van der Waals surface area contributed by atoms with Crippen LogP contribution in [0.2, 0.25) is 5.02 Å². The number of hydrogen-bond donors (Lipinski definition) is 0. The van der Waals surface area contributed by atoms with Gasteiger partial charge in [-0.25, -0.2) is 4.98 Å². The van der Waals surface area contributed by atoms with Gasteiger partial charge in [0, 0.05) is 37.8 Å². The fourth-order valence-corrected chi connectivity index (χ4v) is 3.73. The Bertz CT molecular complexity index is 949. The summed E-state index contributed by atoms with van der Waals surface area (Å²) >= 11 is 6.23. The van der Waals surface area contributed by atoms with Gasteiger partial charge < -0.3 is 9.32 Å². The van der Waals surface area contributed by atoms with Crippen molar-refractivity contribution in [1.82, 2.24) is 19.7 Å². The van der Waals surface area contributed by atoms with Crippen molar-refractivity contribution < 1.29 is 9.21 Å². The van der Waals surface area contributed by atoms with Crippen LogP contribution in [0.3, 0.4) is 0 Å². The van der Waals surface area contributed by atoms with Crippen molar-refractivity contribution >= 4 is 17.5 Å². The van der Waals surface area contributed by atoms with E-state index in [1.165, 1.54) is 0 Å². The number of hydrogen-bond acceptors (Lipinski definition) is 4. The number of halogens is 1. The number of piperidine rings is 1. The number of likely N-dealkylation sites (tertiary alicyclic amines) is 1. The van der Waals surface area contributed by atoms with Gasteiger partial charge in [-0.3, -0.25) is 9.48 Å². The Morgan fingerprint density at radius 2 is 2.19 bits per heavy atom. The van der Waals surface area contributed by atoms with Crippen molar-refractivity contribution in [2.75, 3.05) is 13.1 Å². The van der Waals surface area contributed by atoms with Crippen molar-refractivity contribution in [3.63, 3.8) is 0 Å². The molecule has 140 valence electrons. The average molecular weight is 385 g/mol. The quantitative estimate of drug-likeness (QED) is 0.688. The second-order valence-electron chi connectivity index (χ2n) is 6.86. The minimum Gasteiger partial charge on any atom is -0.445 e. The molecule has 4 rings (SSSR count). The number of amides is 1. The predicted molar refractivity (Wildman–Crippen MR) is 102 cm³/mol. The molecule has 1 saturated heterocycles. The molecule has 3 aromatic rings. The van der Waals surface area contributed by atoms with Crippen LogP contribution in [0, 0.1) is 0 Å². The van der Waals surface area contributed by atoms with Crippen LogP contribution in [0.5, 0.6) is 0 Å². The molecule has 0 saturated carbocycles. The molecule has 0 N–H and O–H groups in total. The zero-order chi connectivity index (χ0) is 18.8. The lowest BCUT2D eigenvalue weighted by molar-refractivity contribution is 0.0686. The molecular formula is C20H21ClN4O2. The van der Waals surface area contributed by atoms with Gasteiger partial charge in [0.1, 0.15) is 11.5 Å². The molecule has 27 heavy (non-hydrogen) atoms. The number of oxazole rings is 1. The van der Waals surface area contributed by atoms with Crippen molar-refractivity contribution in [3.05, 3.63) is 70.7 Å². The Hall–Kier alpha value is -2.60. The number of nitrogens with zero attached hydrogens (tertiary/aromatic N) is 4. The van der Waals surface area contributed by atoms with E-state index in [1.54, 1.807) is 30.2 Å². The van der Waals surface area contributed by atoms with Crippen LogP contribution in [-0.2, 0) is 13.5 Å². The molecule has 1 amide bonds. The zero-order valence-electron chi connectivity index (χ0n) is 15.1. The Morgan fingerprint density at radius 1 is 1.33 bits per heavy atom. The Morgan fingerprint density at radius 3 is 2.96 bits per heavy atom.